The molecule has 2 heterocycles. The van der Waals surface area contributed by atoms with E-state index in [1.54, 1.807) is 0 Å². The van der Waals surface area contributed by atoms with Crippen LogP contribution in [0.3, 0.4) is 0 Å². The molecule has 0 aromatic carbocycles. The first-order chi connectivity index (χ1) is 9.19. The molecule has 0 aliphatic carbocycles. The van der Waals surface area contributed by atoms with E-state index in [2.05, 4.69) is 34.3 Å². The third-order valence-electron chi connectivity index (χ3n) is 3.77. The third kappa shape index (κ3) is 4.28. The zero-order valence-corrected chi connectivity index (χ0v) is 12.4. The van der Waals surface area contributed by atoms with Crippen molar-refractivity contribution in [2.24, 2.45) is 5.92 Å². The minimum absolute atomic E-state index is 0.499. The first-order valence-corrected chi connectivity index (χ1v) is 7.45. The first-order valence-electron chi connectivity index (χ1n) is 7.45. The molecule has 108 valence electrons. The number of nitrogens with zero attached hydrogens (tertiary/aromatic N) is 3. The van der Waals surface area contributed by atoms with Gasteiger partial charge in [0.1, 0.15) is 0 Å². The average Bonchev–Trinajstić information content (AvgIpc) is 2.87. The lowest BCUT2D eigenvalue weighted by atomic mass is 9.98. The fraction of sp³-hybridized carbons (Fsp3) is 0.857. The lowest BCUT2D eigenvalue weighted by molar-refractivity contribution is 0.150. The second-order valence-corrected chi connectivity index (χ2v) is 5.68. The van der Waals surface area contributed by atoms with Crippen molar-refractivity contribution in [3.63, 3.8) is 0 Å². The van der Waals surface area contributed by atoms with E-state index in [0.717, 1.165) is 43.8 Å². The highest BCUT2D eigenvalue weighted by molar-refractivity contribution is 4.83. The third-order valence-corrected chi connectivity index (χ3v) is 3.77. The Kier molecular flexibility index (Phi) is 5.34. The summed E-state index contributed by atoms with van der Waals surface area (Å²) in [6.07, 6.45) is 3.42. The van der Waals surface area contributed by atoms with Gasteiger partial charge in [-0.2, -0.15) is 0 Å². The molecule has 19 heavy (non-hydrogen) atoms. The molecule has 1 fully saturated rings. The molecule has 1 aliphatic rings. The number of aromatic nitrogens is 2. The van der Waals surface area contributed by atoms with Gasteiger partial charge in [-0.1, -0.05) is 6.92 Å². The zero-order valence-electron chi connectivity index (χ0n) is 12.4. The smallest absolute Gasteiger partial charge is 0.230 e. The Morgan fingerprint density at radius 3 is 2.74 bits per heavy atom. The van der Waals surface area contributed by atoms with Crippen molar-refractivity contribution in [1.29, 1.82) is 0 Å². The lowest BCUT2D eigenvalue weighted by Crippen LogP contribution is -2.40. The molecule has 0 bridgehead atoms. The molecular weight excluding hydrogens is 240 g/mol. The molecule has 5 heteroatoms. The molecule has 0 saturated carbocycles. The summed E-state index contributed by atoms with van der Waals surface area (Å²) in [5.74, 6) is 2.22. The van der Waals surface area contributed by atoms with E-state index in [9.17, 15) is 0 Å². The Morgan fingerprint density at radius 2 is 2.16 bits per heavy atom. The van der Waals surface area contributed by atoms with Gasteiger partial charge in [0.05, 0.1) is 6.54 Å². The summed E-state index contributed by atoms with van der Waals surface area (Å²) in [6.45, 7) is 10.7. The highest BCUT2D eigenvalue weighted by atomic mass is 16.4. The highest BCUT2D eigenvalue weighted by Gasteiger charge is 2.20. The van der Waals surface area contributed by atoms with E-state index in [1.807, 2.05) is 6.92 Å². The van der Waals surface area contributed by atoms with E-state index < -0.39 is 0 Å². The fourth-order valence-corrected chi connectivity index (χ4v) is 2.54. The van der Waals surface area contributed by atoms with E-state index in [0.29, 0.717) is 6.04 Å². The molecule has 5 nitrogen and oxygen atoms in total. The van der Waals surface area contributed by atoms with Crippen LogP contribution in [-0.2, 0) is 13.0 Å². The number of piperidine rings is 1. The summed E-state index contributed by atoms with van der Waals surface area (Å²) < 4.78 is 5.62. The number of nitrogens with one attached hydrogen (secondary N) is 1. The van der Waals surface area contributed by atoms with Gasteiger partial charge in [0, 0.05) is 19.0 Å². The Labute approximate surface area is 115 Å². The Bertz CT molecular complexity index is 371. The van der Waals surface area contributed by atoms with Gasteiger partial charge in [0.25, 0.3) is 0 Å². The quantitative estimate of drug-likeness (QED) is 0.851. The first kappa shape index (κ1) is 14.5. The molecule has 0 amide bonds. The van der Waals surface area contributed by atoms with Crippen LogP contribution in [0.5, 0.6) is 0 Å². The van der Waals surface area contributed by atoms with Crippen LogP contribution >= 0.6 is 0 Å². The maximum atomic E-state index is 5.62. The van der Waals surface area contributed by atoms with Gasteiger partial charge >= 0.3 is 0 Å². The summed E-state index contributed by atoms with van der Waals surface area (Å²) >= 11 is 0. The van der Waals surface area contributed by atoms with Gasteiger partial charge in [0.2, 0.25) is 11.8 Å². The van der Waals surface area contributed by atoms with Crippen LogP contribution in [0.2, 0.25) is 0 Å². The molecule has 1 aromatic rings. The predicted molar refractivity (Wildman–Crippen MR) is 74.8 cm³/mol. The van der Waals surface area contributed by atoms with E-state index >= 15 is 0 Å². The highest BCUT2D eigenvalue weighted by Crippen LogP contribution is 2.16. The molecule has 1 aromatic heterocycles. The average molecular weight is 266 g/mol. The van der Waals surface area contributed by atoms with E-state index in [4.69, 9.17) is 4.42 Å². The van der Waals surface area contributed by atoms with Gasteiger partial charge in [0.15, 0.2) is 0 Å². The molecule has 0 radical (unpaired) electrons. The molecule has 2 rings (SSSR count). The monoisotopic (exact) mass is 266 g/mol. The molecule has 0 spiro atoms. The van der Waals surface area contributed by atoms with Crippen LogP contribution in [-0.4, -0.2) is 40.8 Å². The fourth-order valence-electron chi connectivity index (χ4n) is 2.54. The van der Waals surface area contributed by atoms with Crippen LogP contribution in [0.15, 0.2) is 4.42 Å². The normalized spacial score (nSPS) is 20.4. The molecule has 1 aliphatic heterocycles. The number of hydrogen-bond acceptors (Lipinski definition) is 5. The summed E-state index contributed by atoms with van der Waals surface area (Å²) in [7, 11) is 0. The van der Waals surface area contributed by atoms with Crippen LogP contribution < -0.4 is 5.32 Å². The van der Waals surface area contributed by atoms with E-state index in [1.165, 1.54) is 19.4 Å². The van der Waals surface area contributed by atoms with Gasteiger partial charge in [-0.25, -0.2) is 0 Å². The van der Waals surface area contributed by atoms with Crippen molar-refractivity contribution in [3.8, 4) is 0 Å². The molecule has 1 atom stereocenters. The van der Waals surface area contributed by atoms with Crippen LogP contribution in [0.1, 0.15) is 45.4 Å². The van der Waals surface area contributed by atoms with Crippen molar-refractivity contribution in [2.75, 3.05) is 19.6 Å². The van der Waals surface area contributed by atoms with Crippen molar-refractivity contribution < 1.29 is 4.42 Å². The minimum atomic E-state index is 0.499. The summed E-state index contributed by atoms with van der Waals surface area (Å²) in [5, 5.41) is 11.6. The van der Waals surface area contributed by atoms with Gasteiger partial charge in [-0.05, 0) is 45.7 Å². The molecule has 1 unspecified atom stereocenters. The van der Waals surface area contributed by atoms with Crippen molar-refractivity contribution in [2.45, 2.75) is 52.6 Å². The Hall–Kier alpha value is -0.940. The maximum absolute atomic E-state index is 5.62. The minimum Gasteiger partial charge on any atom is -0.424 e. The van der Waals surface area contributed by atoms with Crippen molar-refractivity contribution in [1.82, 2.24) is 20.4 Å². The summed E-state index contributed by atoms with van der Waals surface area (Å²) in [4.78, 5) is 2.44. The van der Waals surface area contributed by atoms with Gasteiger partial charge < -0.3 is 9.73 Å². The largest absolute Gasteiger partial charge is 0.424 e. The SMILES string of the molecule is CCc1nnc(CN(CC2CCCNC2)C(C)C)o1. The molecule has 1 N–H and O–H groups in total. The van der Waals surface area contributed by atoms with Crippen molar-refractivity contribution in [3.05, 3.63) is 11.8 Å². The van der Waals surface area contributed by atoms with Crippen LogP contribution in [0, 0.1) is 5.92 Å². The van der Waals surface area contributed by atoms with E-state index in [-0.39, 0.29) is 0 Å². The van der Waals surface area contributed by atoms with Gasteiger partial charge in [-0.15, -0.1) is 10.2 Å². The number of hydrogen-bond donors (Lipinski definition) is 1. The summed E-state index contributed by atoms with van der Waals surface area (Å²) in [6, 6.07) is 0.499. The van der Waals surface area contributed by atoms with Crippen molar-refractivity contribution >= 4 is 0 Å². The Balaban J connectivity index is 1.91. The maximum Gasteiger partial charge on any atom is 0.230 e. The zero-order chi connectivity index (χ0) is 13.7. The standard InChI is InChI=1S/C14H26N4O/c1-4-13-16-17-14(19-13)10-18(11(2)3)9-12-6-5-7-15-8-12/h11-12,15H,4-10H2,1-3H3. The molecular formula is C14H26N4O. The second kappa shape index (κ2) is 7.01. The predicted octanol–water partition coefficient (Wildman–Crippen LogP) is 1.84. The second-order valence-electron chi connectivity index (χ2n) is 5.68. The lowest BCUT2D eigenvalue weighted by Gasteiger charge is -2.31. The summed E-state index contributed by atoms with van der Waals surface area (Å²) in [5.41, 5.74) is 0. The topological polar surface area (TPSA) is 54.2 Å². The Morgan fingerprint density at radius 1 is 1.37 bits per heavy atom. The number of aryl methyl sites for hydroxylation is 1. The van der Waals surface area contributed by atoms with Crippen LogP contribution in [0.25, 0.3) is 0 Å². The van der Waals surface area contributed by atoms with Crippen LogP contribution in [0.4, 0.5) is 0 Å². The number of rotatable bonds is 6. The van der Waals surface area contributed by atoms with Gasteiger partial charge in [-0.3, -0.25) is 4.90 Å². The molecule has 1 saturated heterocycles.